The zero-order valence-corrected chi connectivity index (χ0v) is 21.0. The molecule has 3 amide bonds. The smallest absolute Gasteiger partial charge is 0.260 e. The maximum absolute atomic E-state index is 13.6. The Balaban J connectivity index is 1.63. The summed E-state index contributed by atoms with van der Waals surface area (Å²) in [5, 5.41) is 0.647. The zero-order valence-electron chi connectivity index (χ0n) is 18.6. The summed E-state index contributed by atoms with van der Waals surface area (Å²) in [5.74, 6) is -0.577. The SMILES string of the molecule is CCN(CC)CCN(C(=O)c1ccc(N2C(=O)CCC2=O)cc1)c1nc2ccc(Br)cc2s1. The van der Waals surface area contributed by atoms with Crippen molar-refractivity contribution in [2.24, 2.45) is 0 Å². The van der Waals surface area contributed by atoms with Crippen LogP contribution in [0.5, 0.6) is 0 Å². The summed E-state index contributed by atoms with van der Waals surface area (Å²) in [6.07, 6.45) is 0.457. The number of halogens is 1. The Morgan fingerprint density at radius 3 is 2.33 bits per heavy atom. The maximum Gasteiger partial charge on any atom is 0.260 e. The molecule has 172 valence electrons. The first-order valence-corrected chi connectivity index (χ1v) is 12.6. The fourth-order valence-corrected chi connectivity index (χ4v) is 5.38. The molecule has 0 radical (unpaired) electrons. The van der Waals surface area contributed by atoms with Crippen molar-refractivity contribution in [1.82, 2.24) is 9.88 Å². The van der Waals surface area contributed by atoms with E-state index in [1.807, 2.05) is 18.2 Å². The van der Waals surface area contributed by atoms with Gasteiger partial charge in [-0.25, -0.2) is 4.98 Å². The number of benzene rings is 2. The van der Waals surface area contributed by atoms with E-state index >= 15 is 0 Å². The molecule has 0 bridgehead atoms. The third-order valence-electron chi connectivity index (χ3n) is 5.77. The molecule has 1 fully saturated rings. The van der Waals surface area contributed by atoms with Gasteiger partial charge in [0, 0.05) is 36.0 Å². The number of rotatable bonds is 8. The number of imide groups is 1. The van der Waals surface area contributed by atoms with E-state index < -0.39 is 0 Å². The molecular weight excluding hydrogens is 504 g/mol. The number of carbonyl (C=O) groups is 3. The number of hydrogen-bond acceptors (Lipinski definition) is 6. The largest absolute Gasteiger partial charge is 0.302 e. The lowest BCUT2D eigenvalue weighted by molar-refractivity contribution is -0.121. The van der Waals surface area contributed by atoms with Crippen LogP contribution in [0.2, 0.25) is 0 Å². The molecule has 9 heteroatoms. The van der Waals surface area contributed by atoms with E-state index in [0.717, 1.165) is 34.3 Å². The van der Waals surface area contributed by atoms with Crippen molar-refractivity contribution in [2.75, 3.05) is 36.0 Å². The average molecular weight is 529 g/mol. The molecule has 0 N–H and O–H groups in total. The van der Waals surface area contributed by atoms with Gasteiger partial charge in [0.15, 0.2) is 5.13 Å². The van der Waals surface area contributed by atoms with Crippen LogP contribution >= 0.6 is 27.3 Å². The molecular formula is C24H25BrN4O3S. The molecule has 2 aromatic carbocycles. The lowest BCUT2D eigenvalue weighted by Gasteiger charge is -2.25. The minimum Gasteiger partial charge on any atom is -0.302 e. The molecule has 1 aromatic heterocycles. The standard InChI is InChI=1S/C24H25BrN4O3S/c1-3-27(4-2)13-14-28(24-26-19-10-7-17(25)15-20(19)33-24)23(32)16-5-8-18(9-6-16)29-21(30)11-12-22(29)31/h5-10,15H,3-4,11-14H2,1-2H3. The monoisotopic (exact) mass is 528 g/mol. The highest BCUT2D eigenvalue weighted by molar-refractivity contribution is 9.10. The van der Waals surface area contributed by atoms with Gasteiger partial charge in [0.25, 0.3) is 5.91 Å². The van der Waals surface area contributed by atoms with Crippen molar-refractivity contribution in [3.63, 3.8) is 0 Å². The van der Waals surface area contributed by atoms with E-state index in [1.54, 1.807) is 29.2 Å². The highest BCUT2D eigenvalue weighted by Gasteiger charge is 2.30. The molecule has 2 heterocycles. The molecule has 1 saturated heterocycles. The van der Waals surface area contributed by atoms with Crippen LogP contribution in [0.15, 0.2) is 46.9 Å². The summed E-state index contributed by atoms with van der Waals surface area (Å²) < 4.78 is 1.97. The van der Waals surface area contributed by atoms with E-state index in [9.17, 15) is 14.4 Å². The topological polar surface area (TPSA) is 73.8 Å². The molecule has 3 aromatic rings. The fraction of sp³-hybridized carbons (Fsp3) is 0.333. The first-order valence-electron chi connectivity index (χ1n) is 11.0. The van der Waals surface area contributed by atoms with Crippen LogP contribution in [0, 0.1) is 0 Å². The Morgan fingerprint density at radius 1 is 1.03 bits per heavy atom. The van der Waals surface area contributed by atoms with E-state index in [2.05, 4.69) is 34.7 Å². The number of aromatic nitrogens is 1. The van der Waals surface area contributed by atoms with E-state index in [4.69, 9.17) is 4.98 Å². The lowest BCUT2D eigenvalue weighted by Crippen LogP contribution is -2.39. The molecule has 1 aliphatic rings. The van der Waals surface area contributed by atoms with Crippen LogP contribution in [0.25, 0.3) is 10.2 Å². The molecule has 1 aliphatic heterocycles. The van der Waals surface area contributed by atoms with Gasteiger partial charge in [0.2, 0.25) is 11.8 Å². The van der Waals surface area contributed by atoms with Crippen LogP contribution in [0.1, 0.15) is 37.0 Å². The number of amides is 3. The minimum absolute atomic E-state index is 0.161. The van der Waals surface area contributed by atoms with E-state index in [-0.39, 0.29) is 30.6 Å². The molecule has 0 aliphatic carbocycles. The summed E-state index contributed by atoms with van der Waals surface area (Å²) in [7, 11) is 0. The van der Waals surface area contributed by atoms with Crippen molar-refractivity contribution in [3.8, 4) is 0 Å². The molecule has 0 spiro atoms. The zero-order chi connectivity index (χ0) is 23.5. The third-order valence-corrected chi connectivity index (χ3v) is 7.31. The van der Waals surface area contributed by atoms with E-state index in [0.29, 0.717) is 22.9 Å². The second kappa shape index (κ2) is 10.1. The predicted molar refractivity (Wildman–Crippen MR) is 135 cm³/mol. The number of likely N-dealkylation sites (N-methyl/N-ethyl adjacent to an activating group) is 1. The Kier molecular flexibility index (Phi) is 7.21. The quantitative estimate of drug-likeness (QED) is 0.396. The molecule has 7 nitrogen and oxygen atoms in total. The number of hydrogen-bond donors (Lipinski definition) is 0. The Bertz CT molecular complexity index is 1170. The Labute approximate surface area is 205 Å². The second-order valence-electron chi connectivity index (χ2n) is 7.76. The van der Waals surface area contributed by atoms with Crippen LogP contribution in [-0.4, -0.2) is 53.8 Å². The van der Waals surface area contributed by atoms with E-state index in [1.165, 1.54) is 16.2 Å². The number of carbonyl (C=O) groups excluding carboxylic acids is 3. The van der Waals surface area contributed by atoms with Crippen molar-refractivity contribution in [2.45, 2.75) is 26.7 Å². The second-order valence-corrected chi connectivity index (χ2v) is 9.69. The minimum atomic E-state index is -0.208. The number of fused-ring (bicyclic) bond motifs is 1. The maximum atomic E-state index is 13.6. The van der Waals surface area contributed by atoms with Crippen LogP contribution in [0.3, 0.4) is 0 Å². The van der Waals surface area contributed by atoms with Gasteiger partial charge in [-0.15, -0.1) is 0 Å². The fourth-order valence-electron chi connectivity index (χ4n) is 3.84. The Hall–Kier alpha value is -2.62. The van der Waals surface area contributed by atoms with Crippen molar-refractivity contribution < 1.29 is 14.4 Å². The van der Waals surface area contributed by atoms with Crippen molar-refractivity contribution in [3.05, 3.63) is 52.5 Å². The van der Waals surface area contributed by atoms with Gasteiger partial charge >= 0.3 is 0 Å². The van der Waals surface area contributed by atoms with Gasteiger partial charge in [-0.05, 0) is 55.6 Å². The summed E-state index contributed by atoms with van der Waals surface area (Å²) >= 11 is 4.98. The average Bonchev–Trinajstić information content (AvgIpc) is 3.38. The molecule has 33 heavy (non-hydrogen) atoms. The Morgan fingerprint density at radius 2 is 1.70 bits per heavy atom. The van der Waals surface area contributed by atoms with Crippen LogP contribution in [-0.2, 0) is 9.59 Å². The van der Waals surface area contributed by atoms with Gasteiger partial charge in [0.1, 0.15) is 0 Å². The first-order chi connectivity index (χ1) is 15.9. The normalized spacial score (nSPS) is 14.0. The predicted octanol–water partition coefficient (Wildman–Crippen LogP) is 4.70. The molecule has 0 saturated carbocycles. The summed E-state index contributed by atoms with van der Waals surface area (Å²) in [6.45, 7) is 7.24. The van der Waals surface area contributed by atoms with Crippen molar-refractivity contribution >= 4 is 66.0 Å². The number of nitrogens with zero attached hydrogens (tertiary/aromatic N) is 4. The number of anilines is 2. The lowest BCUT2D eigenvalue weighted by atomic mass is 10.1. The highest BCUT2D eigenvalue weighted by Crippen LogP contribution is 2.32. The summed E-state index contributed by atoms with van der Waals surface area (Å²) in [5.41, 5.74) is 1.83. The van der Waals surface area contributed by atoms with Gasteiger partial charge in [0.05, 0.1) is 15.9 Å². The molecule has 0 atom stereocenters. The van der Waals surface area contributed by atoms with Crippen LogP contribution in [0.4, 0.5) is 10.8 Å². The molecule has 0 unspecified atom stereocenters. The van der Waals surface area contributed by atoms with Gasteiger partial charge < -0.3 is 4.90 Å². The highest BCUT2D eigenvalue weighted by atomic mass is 79.9. The van der Waals surface area contributed by atoms with Gasteiger partial charge in [-0.1, -0.05) is 41.1 Å². The molecule has 4 rings (SSSR count). The third kappa shape index (κ3) is 5.00. The number of thiazole rings is 1. The van der Waals surface area contributed by atoms with Crippen LogP contribution < -0.4 is 9.80 Å². The summed E-state index contributed by atoms with van der Waals surface area (Å²) in [6, 6.07) is 12.5. The first kappa shape index (κ1) is 23.5. The van der Waals surface area contributed by atoms with Gasteiger partial charge in [-0.2, -0.15) is 0 Å². The summed E-state index contributed by atoms with van der Waals surface area (Å²) in [4.78, 5) is 47.5. The van der Waals surface area contributed by atoms with Crippen molar-refractivity contribution in [1.29, 1.82) is 0 Å². The van der Waals surface area contributed by atoms with Gasteiger partial charge in [-0.3, -0.25) is 24.2 Å².